The highest BCUT2D eigenvalue weighted by Crippen LogP contribution is 2.39. The van der Waals surface area contributed by atoms with Gasteiger partial charge in [-0.2, -0.15) is 0 Å². The number of hydrogen-bond acceptors (Lipinski definition) is 1. The van der Waals surface area contributed by atoms with Gasteiger partial charge in [-0.25, -0.2) is 4.39 Å². The van der Waals surface area contributed by atoms with Crippen LogP contribution in [0.15, 0.2) is 22.7 Å². The summed E-state index contributed by atoms with van der Waals surface area (Å²) in [7, 11) is 0. The maximum absolute atomic E-state index is 13.8. The molecule has 0 bridgehead atoms. The van der Waals surface area contributed by atoms with E-state index < -0.39 is 0 Å². The Morgan fingerprint density at radius 3 is 2.81 bits per heavy atom. The van der Waals surface area contributed by atoms with Crippen molar-refractivity contribution in [3.05, 3.63) is 34.1 Å². The second-order valence-corrected chi connectivity index (χ2v) is 5.47. The van der Waals surface area contributed by atoms with E-state index in [9.17, 15) is 4.39 Å². The summed E-state index contributed by atoms with van der Waals surface area (Å²) in [6.45, 7) is 0.663. The molecule has 3 heteroatoms. The van der Waals surface area contributed by atoms with Crippen molar-refractivity contribution in [3.63, 3.8) is 0 Å². The lowest BCUT2D eigenvalue weighted by atomic mass is 9.75. The number of hydrogen-bond donors (Lipinski definition) is 1. The van der Waals surface area contributed by atoms with Crippen LogP contribution in [0.3, 0.4) is 0 Å². The van der Waals surface area contributed by atoms with E-state index in [1.807, 2.05) is 6.07 Å². The molecule has 0 aromatic heterocycles. The zero-order chi connectivity index (χ0) is 11.5. The molecule has 0 radical (unpaired) electrons. The van der Waals surface area contributed by atoms with Gasteiger partial charge in [0.2, 0.25) is 0 Å². The molecule has 1 aromatic rings. The van der Waals surface area contributed by atoms with Gasteiger partial charge >= 0.3 is 0 Å². The van der Waals surface area contributed by atoms with E-state index >= 15 is 0 Å². The quantitative estimate of drug-likeness (QED) is 0.878. The molecule has 0 amide bonds. The first-order valence-electron chi connectivity index (χ1n) is 5.87. The van der Waals surface area contributed by atoms with Gasteiger partial charge in [-0.3, -0.25) is 0 Å². The molecule has 0 saturated heterocycles. The van der Waals surface area contributed by atoms with Crippen LogP contribution in [0.1, 0.15) is 37.2 Å². The molecule has 1 nitrogen and oxygen atoms in total. The summed E-state index contributed by atoms with van der Waals surface area (Å²) in [5, 5.41) is 0. The number of benzene rings is 1. The zero-order valence-electron chi connectivity index (χ0n) is 9.26. The predicted molar refractivity (Wildman–Crippen MR) is 67.9 cm³/mol. The highest BCUT2D eigenvalue weighted by Gasteiger charge is 2.27. The van der Waals surface area contributed by atoms with E-state index in [4.69, 9.17) is 5.73 Å². The fraction of sp³-hybridized carbons (Fsp3) is 0.538. The van der Waals surface area contributed by atoms with Gasteiger partial charge in [-0.15, -0.1) is 0 Å². The molecule has 88 valence electrons. The molecule has 1 saturated carbocycles. The van der Waals surface area contributed by atoms with Gasteiger partial charge in [0, 0.05) is 4.47 Å². The summed E-state index contributed by atoms with van der Waals surface area (Å²) in [5.74, 6) is 0.655. The van der Waals surface area contributed by atoms with E-state index in [2.05, 4.69) is 15.9 Å². The molecule has 1 aliphatic carbocycles. The minimum atomic E-state index is -0.0893. The standard InChI is InChI=1S/C13H17BrFN/c14-10-5-6-13(15)12(7-10)11-4-2-1-3-9(11)8-16/h5-7,9,11H,1-4,8,16H2. The molecule has 1 fully saturated rings. The summed E-state index contributed by atoms with van der Waals surface area (Å²) in [6.07, 6.45) is 4.61. The zero-order valence-corrected chi connectivity index (χ0v) is 10.8. The predicted octanol–water partition coefficient (Wildman–Crippen LogP) is 3.82. The number of halogens is 2. The third-order valence-electron chi connectivity index (χ3n) is 3.57. The molecule has 0 heterocycles. The third-order valence-corrected chi connectivity index (χ3v) is 4.06. The molecular formula is C13H17BrFN. The second-order valence-electron chi connectivity index (χ2n) is 4.55. The lowest BCUT2D eigenvalue weighted by Crippen LogP contribution is -2.25. The van der Waals surface area contributed by atoms with Crippen molar-refractivity contribution in [3.8, 4) is 0 Å². The van der Waals surface area contributed by atoms with Crippen molar-refractivity contribution < 1.29 is 4.39 Å². The van der Waals surface area contributed by atoms with Crippen molar-refractivity contribution in [2.45, 2.75) is 31.6 Å². The number of rotatable bonds is 2. The average molecular weight is 286 g/mol. The first-order chi connectivity index (χ1) is 7.72. The van der Waals surface area contributed by atoms with E-state index in [-0.39, 0.29) is 5.82 Å². The molecule has 2 N–H and O–H groups in total. The van der Waals surface area contributed by atoms with Crippen molar-refractivity contribution in [2.24, 2.45) is 11.7 Å². The average Bonchev–Trinajstić information content (AvgIpc) is 2.32. The minimum absolute atomic E-state index is 0.0893. The van der Waals surface area contributed by atoms with Crippen molar-refractivity contribution >= 4 is 15.9 Å². The van der Waals surface area contributed by atoms with Crippen LogP contribution in [0.5, 0.6) is 0 Å². The van der Waals surface area contributed by atoms with Crippen LogP contribution >= 0.6 is 15.9 Å². The molecule has 1 aliphatic rings. The largest absolute Gasteiger partial charge is 0.330 e. The van der Waals surface area contributed by atoms with Crippen molar-refractivity contribution in [1.82, 2.24) is 0 Å². The van der Waals surface area contributed by atoms with Gasteiger partial charge in [-0.05, 0) is 55.0 Å². The fourth-order valence-electron chi connectivity index (χ4n) is 2.70. The summed E-state index contributed by atoms with van der Waals surface area (Å²) in [4.78, 5) is 0. The first-order valence-corrected chi connectivity index (χ1v) is 6.66. The summed E-state index contributed by atoms with van der Waals surface area (Å²) < 4.78 is 14.8. The lowest BCUT2D eigenvalue weighted by Gasteiger charge is -2.31. The minimum Gasteiger partial charge on any atom is -0.330 e. The fourth-order valence-corrected chi connectivity index (χ4v) is 3.08. The Morgan fingerprint density at radius 2 is 2.06 bits per heavy atom. The SMILES string of the molecule is NCC1CCCCC1c1cc(Br)ccc1F. The Hall–Kier alpha value is -0.410. The molecule has 0 aliphatic heterocycles. The van der Waals surface area contributed by atoms with Gasteiger partial charge in [0.1, 0.15) is 5.82 Å². The van der Waals surface area contributed by atoms with Gasteiger partial charge < -0.3 is 5.73 Å². The molecule has 0 spiro atoms. The van der Waals surface area contributed by atoms with Crippen LogP contribution in [0.2, 0.25) is 0 Å². The summed E-state index contributed by atoms with van der Waals surface area (Å²) >= 11 is 3.41. The second kappa shape index (κ2) is 5.28. The Balaban J connectivity index is 2.30. The Labute approximate surface area is 104 Å². The highest BCUT2D eigenvalue weighted by atomic mass is 79.9. The third kappa shape index (κ3) is 2.46. The van der Waals surface area contributed by atoms with Gasteiger partial charge in [-0.1, -0.05) is 28.8 Å². The number of nitrogens with two attached hydrogens (primary N) is 1. The van der Waals surface area contributed by atoms with E-state index in [0.717, 1.165) is 22.9 Å². The van der Waals surface area contributed by atoms with Crippen LogP contribution in [0.4, 0.5) is 4.39 Å². The van der Waals surface area contributed by atoms with Gasteiger partial charge in [0.05, 0.1) is 0 Å². The Morgan fingerprint density at radius 1 is 1.31 bits per heavy atom. The molecule has 1 aromatic carbocycles. The summed E-state index contributed by atoms with van der Waals surface area (Å²) in [5.41, 5.74) is 6.62. The lowest BCUT2D eigenvalue weighted by molar-refractivity contribution is 0.308. The molecular weight excluding hydrogens is 269 g/mol. The van der Waals surface area contributed by atoms with Crippen LogP contribution in [0, 0.1) is 11.7 Å². The van der Waals surface area contributed by atoms with Gasteiger partial charge in [0.25, 0.3) is 0 Å². The Bertz CT molecular complexity index is 367. The van der Waals surface area contributed by atoms with E-state index in [1.165, 1.54) is 12.8 Å². The monoisotopic (exact) mass is 285 g/mol. The highest BCUT2D eigenvalue weighted by molar-refractivity contribution is 9.10. The van der Waals surface area contributed by atoms with Crippen molar-refractivity contribution in [2.75, 3.05) is 6.54 Å². The normalized spacial score (nSPS) is 25.7. The maximum Gasteiger partial charge on any atom is 0.126 e. The molecule has 16 heavy (non-hydrogen) atoms. The smallest absolute Gasteiger partial charge is 0.126 e. The topological polar surface area (TPSA) is 26.0 Å². The van der Waals surface area contributed by atoms with Crippen LogP contribution in [-0.2, 0) is 0 Å². The van der Waals surface area contributed by atoms with Crippen LogP contribution < -0.4 is 5.73 Å². The Kier molecular flexibility index (Phi) is 3.98. The van der Waals surface area contributed by atoms with Crippen LogP contribution in [-0.4, -0.2) is 6.54 Å². The summed E-state index contributed by atoms with van der Waals surface area (Å²) in [6, 6.07) is 5.20. The first kappa shape index (κ1) is 12.1. The van der Waals surface area contributed by atoms with Crippen molar-refractivity contribution in [1.29, 1.82) is 0 Å². The van der Waals surface area contributed by atoms with E-state index in [0.29, 0.717) is 18.4 Å². The maximum atomic E-state index is 13.8. The molecule has 2 unspecified atom stereocenters. The molecule has 2 rings (SSSR count). The van der Waals surface area contributed by atoms with E-state index in [1.54, 1.807) is 12.1 Å². The van der Waals surface area contributed by atoms with Crippen LogP contribution in [0.25, 0.3) is 0 Å². The van der Waals surface area contributed by atoms with Gasteiger partial charge in [0.15, 0.2) is 0 Å². The molecule has 2 atom stereocenters.